The second kappa shape index (κ2) is 4.83. The van der Waals surface area contributed by atoms with Gasteiger partial charge in [0.15, 0.2) is 5.13 Å². The molecule has 1 unspecified atom stereocenters. The minimum absolute atomic E-state index is 0.158. The largest absolute Gasteiger partial charge is 0.466 e. The average molecular weight is 287 g/mol. The van der Waals surface area contributed by atoms with Crippen LogP contribution in [-0.4, -0.2) is 4.98 Å². The van der Waals surface area contributed by atoms with Crippen LogP contribution in [0.5, 0.6) is 0 Å². The first-order chi connectivity index (χ1) is 9.52. The van der Waals surface area contributed by atoms with Gasteiger partial charge in [0.2, 0.25) is 0 Å². The van der Waals surface area contributed by atoms with Crippen LogP contribution in [-0.2, 0) is 0 Å². The number of hydrogen-bond donors (Lipinski definition) is 2. The van der Waals surface area contributed by atoms with E-state index < -0.39 is 0 Å². The predicted octanol–water partition coefficient (Wildman–Crippen LogP) is 4.26. The molecular formula is C15H17N3OS. The molecule has 2 heterocycles. The van der Waals surface area contributed by atoms with Crippen molar-refractivity contribution in [1.82, 2.24) is 4.98 Å². The number of nitrogens with one attached hydrogen (secondary N) is 1. The molecule has 1 atom stereocenters. The molecule has 104 valence electrons. The van der Waals surface area contributed by atoms with E-state index in [1.807, 2.05) is 32.0 Å². The number of thiazole rings is 1. The lowest BCUT2D eigenvalue weighted by Crippen LogP contribution is -2.06. The summed E-state index contributed by atoms with van der Waals surface area (Å²) in [4.78, 5) is 4.58. The molecule has 5 heteroatoms. The number of nitrogens with zero attached hydrogens (tertiary/aromatic N) is 1. The lowest BCUT2D eigenvalue weighted by molar-refractivity contribution is 0.500. The number of anilines is 2. The Bertz CT molecular complexity index is 760. The molecule has 3 N–H and O–H groups in total. The van der Waals surface area contributed by atoms with Gasteiger partial charge in [0.05, 0.1) is 16.3 Å². The first-order valence-electron chi connectivity index (χ1n) is 6.52. The van der Waals surface area contributed by atoms with Crippen LogP contribution >= 0.6 is 11.3 Å². The summed E-state index contributed by atoms with van der Waals surface area (Å²) in [6, 6.07) is 8.00. The van der Waals surface area contributed by atoms with Crippen LogP contribution in [0.25, 0.3) is 10.2 Å². The second-order valence-corrected chi connectivity index (χ2v) is 6.01. The van der Waals surface area contributed by atoms with Crippen LogP contribution in [0.2, 0.25) is 0 Å². The van der Waals surface area contributed by atoms with E-state index in [9.17, 15) is 0 Å². The Labute approximate surface area is 121 Å². The molecule has 0 aliphatic heterocycles. The highest BCUT2D eigenvalue weighted by molar-refractivity contribution is 7.22. The maximum Gasteiger partial charge on any atom is 0.184 e. The fourth-order valence-electron chi connectivity index (χ4n) is 2.35. The molecule has 1 aromatic carbocycles. The highest BCUT2D eigenvalue weighted by Crippen LogP contribution is 2.31. The summed E-state index contributed by atoms with van der Waals surface area (Å²) < 4.78 is 6.67. The van der Waals surface area contributed by atoms with Gasteiger partial charge in [0, 0.05) is 11.3 Å². The Morgan fingerprint density at radius 1 is 1.30 bits per heavy atom. The third-order valence-electron chi connectivity index (χ3n) is 3.30. The fraction of sp³-hybridized carbons (Fsp3) is 0.267. The van der Waals surface area contributed by atoms with Gasteiger partial charge in [-0.1, -0.05) is 11.3 Å². The monoisotopic (exact) mass is 287 g/mol. The standard InChI is InChI=1S/C15H17N3OS/c1-8-6-12(10(3)19-8)9(2)17-15-18-13-5-4-11(16)7-14(13)20-15/h4-7,9H,16H2,1-3H3,(H,17,18). The fourth-order valence-corrected chi connectivity index (χ4v) is 3.35. The first-order valence-corrected chi connectivity index (χ1v) is 7.34. The van der Waals surface area contributed by atoms with Gasteiger partial charge in [0.25, 0.3) is 0 Å². The number of fused-ring (bicyclic) bond motifs is 1. The predicted molar refractivity (Wildman–Crippen MR) is 84.3 cm³/mol. The second-order valence-electron chi connectivity index (χ2n) is 4.98. The van der Waals surface area contributed by atoms with Crippen LogP contribution in [0.4, 0.5) is 10.8 Å². The smallest absolute Gasteiger partial charge is 0.184 e. The van der Waals surface area contributed by atoms with Gasteiger partial charge in [-0.25, -0.2) is 4.98 Å². The Morgan fingerprint density at radius 3 is 2.80 bits per heavy atom. The zero-order valence-corrected chi connectivity index (χ0v) is 12.5. The Hall–Kier alpha value is -2.01. The quantitative estimate of drug-likeness (QED) is 0.706. The number of nitrogens with two attached hydrogens (primary N) is 1. The van der Waals surface area contributed by atoms with Crippen molar-refractivity contribution in [3.8, 4) is 0 Å². The van der Waals surface area contributed by atoms with Gasteiger partial charge in [-0.2, -0.15) is 0 Å². The number of rotatable bonds is 3. The zero-order valence-electron chi connectivity index (χ0n) is 11.7. The van der Waals surface area contributed by atoms with E-state index in [0.717, 1.165) is 32.6 Å². The molecule has 4 nitrogen and oxygen atoms in total. The number of nitrogen functional groups attached to an aromatic ring is 1. The van der Waals surface area contributed by atoms with Crippen molar-refractivity contribution in [2.75, 3.05) is 11.1 Å². The van der Waals surface area contributed by atoms with E-state index in [-0.39, 0.29) is 6.04 Å². The SMILES string of the molecule is Cc1cc(C(C)Nc2nc3ccc(N)cc3s2)c(C)o1. The van der Waals surface area contributed by atoms with Crippen molar-refractivity contribution in [1.29, 1.82) is 0 Å². The number of furan rings is 1. The lowest BCUT2D eigenvalue weighted by atomic mass is 10.1. The Morgan fingerprint density at radius 2 is 2.10 bits per heavy atom. The van der Waals surface area contributed by atoms with Crippen molar-refractivity contribution < 1.29 is 4.42 Å². The van der Waals surface area contributed by atoms with E-state index in [0.29, 0.717) is 0 Å². The summed E-state index contributed by atoms with van der Waals surface area (Å²) in [5.41, 5.74) is 8.70. The van der Waals surface area contributed by atoms with Gasteiger partial charge in [0.1, 0.15) is 11.5 Å². The van der Waals surface area contributed by atoms with Gasteiger partial charge < -0.3 is 15.5 Å². The summed E-state index contributed by atoms with van der Waals surface area (Å²) in [5.74, 6) is 1.89. The molecule has 0 spiro atoms. The molecule has 0 saturated carbocycles. The summed E-state index contributed by atoms with van der Waals surface area (Å²) in [6.07, 6.45) is 0. The van der Waals surface area contributed by atoms with Crippen LogP contribution in [0.1, 0.15) is 30.0 Å². The Kier molecular flexibility index (Phi) is 3.14. The molecule has 3 rings (SSSR count). The number of benzene rings is 1. The van der Waals surface area contributed by atoms with Crippen molar-refractivity contribution in [2.24, 2.45) is 0 Å². The number of hydrogen-bond acceptors (Lipinski definition) is 5. The molecule has 0 fully saturated rings. The Balaban J connectivity index is 1.87. The third kappa shape index (κ3) is 2.36. The van der Waals surface area contributed by atoms with Crippen LogP contribution in [0, 0.1) is 13.8 Å². The van der Waals surface area contributed by atoms with Crippen molar-refractivity contribution in [3.05, 3.63) is 41.3 Å². The minimum atomic E-state index is 0.158. The van der Waals surface area contributed by atoms with Gasteiger partial charge >= 0.3 is 0 Å². The molecule has 20 heavy (non-hydrogen) atoms. The first kappa shape index (κ1) is 13.0. The molecular weight excluding hydrogens is 270 g/mol. The highest BCUT2D eigenvalue weighted by Gasteiger charge is 2.14. The normalized spacial score (nSPS) is 12.8. The highest BCUT2D eigenvalue weighted by atomic mass is 32.1. The molecule has 0 radical (unpaired) electrons. The van der Waals surface area contributed by atoms with Crippen LogP contribution in [0.3, 0.4) is 0 Å². The van der Waals surface area contributed by atoms with Crippen LogP contribution in [0.15, 0.2) is 28.7 Å². The molecule has 0 saturated heterocycles. The molecule has 0 aliphatic carbocycles. The van der Waals surface area contributed by atoms with Gasteiger partial charge in [-0.3, -0.25) is 0 Å². The number of aromatic nitrogens is 1. The lowest BCUT2D eigenvalue weighted by Gasteiger charge is -2.11. The molecule has 0 aliphatic rings. The maximum atomic E-state index is 5.79. The van der Waals surface area contributed by atoms with Crippen LogP contribution < -0.4 is 11.1 Å². The average Bonchev–Trinajstić information content (AvgIpc) is 2.91. The third-order valence-corrected chi connectivity index (χ3v) is 4.25. The summed E-state index contributed by atoms with van der Waals surface area (Å²) >= 11 is 1.61. The number of aryl methyl sites for hydroxylation is 2. The van der Waals surface area contributed by atoms with E-state index in [1.165, 1.54) is 5.56 Å². The maximum absolute atomic E-state index is 5.79. The van der Waals surface area contributed by atoms with Gasteiger partial charge in [-0.05, 0) is 45.0 Å². The molecule has 3 aromatic rings. The zero-order chi connectivity index (χ0) is 14.3. The molecule has 0 amide bonds. The van der Waals surface area contributed by atoms with Crippen molar-refractivity contribution >= 4 is 32.4 Å². The van der Waals surface area contributed by atoms with Crippen molar-refractivity contribution in [2.45, 2.75) is 26.8 Å². The van der Waals surface area contributed by atoms with E-state index >= 15 is 0 Å². The van der Waals surface area contributed by atoms with Crippen molar-refractivity contribution in [3.63, 3.8) is 0 Å². The summed E-state index contributed by atoms with van der Waals surface area (Å²) in [7, 11) is 0. The topological polar surface area (TPSA) is 64.1 Å². The van der Waals surface area contributed by atoms with Gasteiger partial charge in [-0.15, -0.1) is 0 Å². The van der Waals surface area contributed by atoms with E-state index in [2.05, 4.69) is 23.3 Å². The summed E-state index contributed by atoms with van der Waals surface area (Å²) in [6.45, 7) is 6.06. The minimum Gasteiger partial charge on any atom is -0.466 e. The summed E-state index contributed by atoms with van der Waals surface area (Å²) in [5, 5.41) is 4.33. The van der Waals surface area contributed by atoms with E-state index in [1.54, 1.807) is 11.3 Å². The molecule has 0 bridgehead atoms. The van der Waals surface area contributed by atoms with E-state index in [4.69, 9.17) is 10.2 Å². The molecule has 2 aromatic heterocycles.